The number of rotatable bonds is 1. The van der Waals surface area contributed by atoms with Gasteiger partial charge in [0.2, 0.25) is 5.91 Å². The molecule has 1 aromatic rings. The Balaban J connectivity index is 2.46. The summed E-state index contributed by atoms with van der Waals surface area (Å²) >= 11 is 0. The van der Waals surface area contributed by atoms with E-state index in [-0.39, 0.29) is 5.91 Å². The Morgan fingerprint density at radius 1 is 1.40 bits per heavy atom. The minimum absolute atomic E-state index is 0.236. The van der Waals surface area contributed by atoms with Crippen molar-refractivity contribution in [1.29, 1.82) is 5.26 Å². The molecule has 0 bridgehead atoms. The van der Waals surface area contributed by atoms with Gasteiger partial charge in [-0.05, 0) is 5.56 Å². The van der Waals surface area contributed by atoms with Gasteiger partial charge >= 0.3 is 0 Å². The van der Waals surface area contributed by atoms with Crippen molar-refractivity contribution in [3.63, 3.8) is 0 Å². The fraction of sp³-hybridized carbons (Fsp3) is 0.167. The number of amides is 1. The summed E-state index contributed by atoms with van der Waals surface area (Å²) < 4.78 is 0. The molecule has 1 saturated heterocycles. The summed E-state index contributed by atoms with van der Waals surface area (Å²) in [5.41, 5.74) is 0.343. The fourth-order valence-corrected chi connectivity index (χ4v) is 1.76. The molecule has 3 nitrogen and oxygen atoms in total. The van der Waals surface area contributed by atoms with E-state index in [4.69, 9.17) is 0 Å². The van der Waals surface area contributed by atoms with Crippen LogP contribution >= 0.6 is 0 Å². The predicted octanol–water partition coefficient (Wildman–Crippen LogP) is 1.48. The highest BCUT2D eigenvalue weighted by Crippen LogP contribution is 2.32. The van der Waals surface area contributed by atoms with E-state index in [1.807, 2.05) is 30.3 Å². The van der Waals surface area contributed by atoms with Gasteiger partial charge in [0.25, 0.3) is 0 Å². The van der Waals surface area contributed by atoms with E-state index in [0.717, 1.165) is 5.56 Å². The molecule has 0 radical (unpaired) electrons. The Labute approximate surface area is 88.0 Å². The highest BCUT2D eigenvalue weighted by atomic mass is 16.2. The number of nitriles is 1. The first-order chi connectivity index (χ1) is 7.18. The third-order valence-electron chi connectivity index (χ3n) is 2.58. The normalized spacial score (nSPS) is 24.7. The lowest BCUT2D eigenvalue weighted by Gasteiger charge is -2.20. The third-order valence-corrected chi connectivity index (χ3v) is 2.58. The molecule has 0 aliphatic carbocycles. The van der Waals surface area contributed by atoms with Crippen LogP contribution in [0, 0.1) is 11.3 Å². The predicted molar refractivity (Wildman–Crippen MR) is 55.6 cm³/mol. The molecule has 1 aromatic carbocycles. The SMILES string of the molecule is C=C1CC(C#N)(c2ccccc2)NC1=O. The molecular formula is C12H10N2O. The molecule has 1 aliphatic heterocycles. The fourth-order valence-electron chi connectivity index (χ4n) is 1.76. The molecule has 1 atom stereocenters. The molecule has 1 unspecified atom stereocenters. The van der Waals surface area contributed by atoms with Crippen LogP contribution in [0.4, 0.5) is 0 Å². The Hall–Kier alpha value is -2.08. The van der Waals surface area contributed by atoms with Gasteiger partial charge in [-0.3, -0.25) is 4.79 Å². The van der Waals surface area contributed by atoms with E-state index in [2.05, 4.69) is 18.0 Å². The van der Waals surface area contributed by atoms with Crippen molar-refractivity contribution in [3.8, 4) is 6.07 Å². The smallest absolute Gasteiger partial charge is 0.248 e. The van der Waals surface area contributed by atoms with Crippen molar-refractivity contribution in [2.45, 2.75) is 12.0 Å². The van der Waals surface area contributed by atoms with Crippen molar-refractivity contribution in [2.75, 3.05) is 0 Å². The Morgan fingerprint density at radius 3 is 2.53 bits per heavy atom. The first-order valence-electron chi connectivity index (χ1n) is 4.65. The van der Waals surface area contributed by atoms with Crippen LogP contribution in [0.2, 0.25) is 0 Å². The zero-order valence-corrected chi connectivity index (χ0v) is 8.16. The summed E-state index contributed by atoms with van der Waals surface area (Å²) in [6, 6.07) is 11.4. The quantitative estimate of drug-likeness (QED) is 0.695. The highest BCUT2D eigenvalue weighted by Gasteiger charge is 2.41. The summed E-state index contributed by atoms with van der Waals surface area (Å²) in [5.74, 6) is -0.236. The van der Waals surface area contributed by atoms with Gasteiger partial charge in [-0.1, -0.05) is 36.9 Å². The maximum absolute atomic E-state index is 11.4. The van der Waals surface area contributed by atoms with E-state index >= 15 is 0 Å². The summed E-state index contributed by atoms with van der Waals surface area (Å²) in [4.78, 5) is 11.4. The standard InChI is InChI=1S/C12H10N2O/c1-9-7-12(8-13,14-11(9)15)10-5-3-2-4-6-10/h2-6H,1,7H2,(H,14,15). The van der Waals surface area contributed by atoms with E-state index in [1.165, 1.54) is 0 Å². The molecule has 0 saturated carbocycles. The molecule has 1 aliphatic rings. The van der Waals surface area contributed by atoms with E-state index in [0.29, 0.717) is 12.0 Å². The van der Waals surface area contributed by atoms with Gasteiger partial charge in [0.1, 0.15) is 0 Å². The minimum Gasteiger partial charge on any atom is -0.330 e. The van der Waals surface area contributed by atoms with E-state index in [9.17, 15) is 10.1 Å². The largest absolute Gasteiger partial charge is 0.330 e. The molecule has 1 N–H and O–H groups in total. The van der Waals surface area contributed by atoms with Crippen molar-refractivity contribution in [2.24, 2.45) is 0 Å². The van der Waals surface area contributed by atoms with Crippen molar-refractivity contribution in [1.82, 2.24) is 5.32 Å². The van der Waals surface area contributed by atoms with E-state index < -0.39 is 5.54 Å². The Morgan fingerprint density at radius 2 is 2.07 bits per heavy atom. The summed E-state index contributed by atoms with van der Waals surface area (Å²) in [6.07, 6.45) is 0.354. The molecule has 1 heterocycles. The zero-order chi connectivity index (χ0) is 10.9. The monoisotopic (exact) mass is 198 g/mol. The molecule has 0 aromatic heterocycles. The molecule has 2 rings (SSSR count). The van der Waals surface area contributed by atoms with Crippen molar-refractivity contribution in [3.05, 3.63) is 48.0 Å². The summed E-state index contributed by atoms with van der Waals surface area (Å²) in [5, 5.41) is 11.9. The van der Waals surface area contributed by atoms with Crippen LogP contribution in [0.3, 0.4) is 0 Å². The first-order valence-corrected chi connectivity index (χ1v) is 4.65. The lowest BCUT2D eigenvalue weighted by Crippen LogP contribution is -2.37. The minimum atomic E-state index is -0.921. The van der Waals surface area contributed by atoms with Crippen LogP contribution in [0.15, 0.2) is 42.5 Å². The zero-order valence-electron chi connectivity index (χ0n) is 8.16. The molecule has 15 heavy (non-hydrogen) atoms. The van der Waals surface area contributed by atoms with Crippen molar-refractivity contribution < 1.29 is 4.79 Å². The number of carbonyl (C=O) groups is 1. The maximum Gasteiger partial charge on any atom is 0.248 e. The summed E-state index contributed by atoms with van der Waals surface area (Å²) in [6.45, 7) is 3.64. The number of hydrogen-bond donors (Lipinski definition) is 1. The van der Waals surface area contributed by atoms with Gasteiger partial charge in [-0.2, -0.15) is 5.26 Å². The average Bonchev–Trinajstić information content (AvgIpc) is 2.57. The lowest BCUT2D eigenvalue weighted by atomic mass is 9.89. The molecule has 1 amide bonds. The van der Waals surface area contributed by atoms with Gasteiger partial charge in [0.15, 0.2) is 5.54 Å². The van der Waals surface area contributed by atoms with Gasteiger partial charge in [-0.25, -0.2) is 0 Å². The van der Waals surface area contributed by atoms with Crippen LogP contribution < -0.4 is 5.32 Å². The molecule has 3 heteroatoms. The van der Waals surface area contributed by atoms with Crippen LogP contribution in [0.25, 0.3) is 0 Å². The second-order valence-electron chi connectivity index (χ2n) is 3.62. The van der Waals surface area contributed by atoms with Gasteiger partial charge in [0, 0.05) is 12.0 Å². The van der Waals surface area contributed by atoms with Gasteiger partial charge < -0.3 is 5.32 Å². The van der Waals surface area contributed by atoms with Crippen molar-refractivity contribution >= 4 is 5.91 Å². The molecule has 1 fully saturated rings. The molecular weight excluding hydrogens is 188 g/mol. The Bertz CT molecular complexity index is 440. The topological polar surface area (TPSA) is 52.9 Å². The lowest BCUT2D eigenvalue weighted by molar-refractivity contribution is -0.116. The first kappa shape index (κ1) is 9.47. The average molecular weight is 198 g/mol. The Kier molecular flexibility index (Phi) is 2.05. The van der Waals surface area contributed by atoms with Crippen LogP contribution in [-0.4, -0.2) is 5.91 Å². The number of hydrogen-bond acceptors (Lipinski definition) is 2. The number of nitrogens with zero attached hydrogens (tertiary/aromatic N) is 1. The highest BCUT2D eigenvalue weighted by molar-refractivity contribution is 5.97. The van der Waals surface area contributed by atoms with Crippen LogP contribution in [0.1, 0.15) is 12.0 Å². The number of benzene rings is 1. The number of carbonyl (C=O) groups excluding carboxylic acids is 1. The third kappa shape index (κ3) is 1.40. The van der Waals surface area contributed by atoms with Crippen LogP contribution in [0.5, 0.6) is 0 Å². The van der Waals surface area contributed by atoms with E-state index in [1.54, 1.807) is 0 Å². The van der Waals surface area contributed by atoms with Crippen LogP contribution in [-0.2, 0) is 10.3 Å². The van der Waals surface area contributed by atoms with Gasteiger partial charge in [0.05, 0.1) is 6.07 Å². The van der Waals surface area contributed by atoms with Gasteiger partial charge in [-0.15, -0.1) is 0 Å². The second kappa shape index (κ2) is 3.25. The second-order valence-corrected chi connectivity index (χ2v) is 3.62. The summed E-state index contributed by atoms with van der Waals surface area (Å²) in [7, 11) is 0. The maximum atomic E-state index is 11.4. The molecule has 74 valence electrons. The number of nitrogens with one attached hydrogen (secondary N) is 1. The molecule has 0 spiro atoms.